The normalized spacial score (nSPS) is 10.7. The highest BCUT2D eigenvalue weighted by atomic mass is 28.4. The molecule has 6 nitrogen and oxygen atoms in total. The monoisotopic (exact) mass is 360 g/mol. The van der Waals surface area contributed by atoms with Crippen molar-refractivity contribution in [3.63, 3.8) is 0 Å². The maximum atomic E-state index is 11.4. The fourth-order valence-electron chi connectivity index (χ4n) is 2.14. The number of carbonyl (C=O) groups excluding carboxylic acids is 2. The van der Waals surface area contributed by atoms with Crippen molar-refractivity contribution < 1.29 is 27.9 Å². The van der Waals surface area contributed by atoms with E-state index in [4.69, 9.17) is 8.85 Å². The molecule has 0 aliphatic rings. The molecule has 0 radical (unpaired) electrons. The average molecular weight is 360 g/mol. The lowest BCUT2D eigenvalue weighted by Gasteiger charge is -2.24. The van der Waals surface area contributed by atoms with Gasteiger partial charge in [0.15, 0.2) is 0 Å². The summed E-state index contributed by atoms with van der Waals surface area (Å²) in [4.78, 5) is 22.9. The van der Waals surface area contributed by atoms with Crippen LogP contribution in [-0.4, -0.2) is 34.7 Å². The van der Waals surface area contributed by atoms with Crippen LogP contribution in [0.2, 0.25) is 13.1 Å². The van der Waals surface area contributed by atoms with Crippen molar-refractivity contribution in [2.45, 2.75) is 13.1 Å². The van der Waals surface area contributed by atoms with Gasteiger partial charge in [0.05, 0.1) is 25.3 Å². The first-order valence-corrected chi connectivity index (χ1v) is 10.4. The molecule has 0 spiro atoms. The SMILES string of the molecule is COC(=O)c1ccc(O[Si](C)(C)Oc2ccc(C(=O)OC)cc2)cc1. The Bertz CT molecular complexity index is 674. The number of rotatable bonds is 6. The Balaban J connectivity index is 2.03. The van der Waals surface area contributed by atoms with Crippen LogP contribution in [-0.2, 0) is 9.47 Å². The Morgan fingerprint density at radius 1 is 0.680 bits per heavy atom. The van der Waals surface area contributed by atoms with E-state index in [-0.39, 0.29) is 0 Å². The molecule has 132 valence electrons. The minimum atomic E-state index is -2.52. The van der Waals surface area contributed by atoms with Crippen molar-refractivity contribution in [3.8, 4) is 11.5 Å². The molecule has 2 aromatic rings. The predicted octanol–water partition coefficient (Wildman–Crippen LogP) is 3.42. The molecule has 0 saturated heterocycles. The lowest BCUT2D eigenvalue weighted by atomic mass is 10.2. The number of ether oxygens (including phenoxy) is 2. The summed E-state index contributed by atoms with van der Waals surface area (Å²) in [5, 5.41) is 0. The summed E-state index contributed by atoms with van der Waals surface area (Å²) < 4.78 is 21.2. The molecule has 0 heterocycles. The second kappa shape index (κ2) is 7.85. The largest absolute Gasteiger partial charge is 0.512 e. The molecule has 0 unspecified atom stereocenters. The van der Waals surface area contributed by atoms with Gasteiger partial charge in [-0.1, -0.05) is 0 Å². The van der Waals surface area contributed by atoms with E-state index in [1.54, 1.807) is 48.5 Å². The summed E-state index contributed by atoms with van der Waals surface area (Å²) in [5.41, 5.74) is 0.905. The summed E-state index contributed by atoms with van der Waals surface area (Å²) in [7, 11) is 0.148. The molecular formula is C18H20O6Si. The van der Waals surface area contributed by atoms with Gasteiger partial charge in [-0.3, -0.25) is 0 Å². The topological polar surface area (TPSA) is 71.1 Å². The van der Waals surface area contributed by atoms with E-state index in [9.17, 15) is 9.59 Å². The van der Waals surface area contributed by atoms with E-state index in [0.717, 1.165) is 0 Å². The van der Waals surface area contributed by atoms with Gasteiger partial charge in [0.2, 0.25) is 0 Å². The minimum absolute atomic E-state index is 0.398. The maximum absolute atomic E-state index is 11.4. The molecule has 0 aromatic heterocycles. The van der Waals surface area contributed by atoms with Gasteiger partial charge in [0.25, 0.3) is 0 Å². The zero-order valence-electron chi connectivity index (χ0n) is 14.6. The van der Waals surface area contributed by atoms with Crippen molar-refractivity contribution >= 4 is 20.5 Å². The van der Waals surface area contributed by atoms with E-state index in [2.05, 4.69) is 9.47 Å². The molecule has 25 heavy (non-hydrogen) atoms. The van der Waals surface area contributed by atoms with Crippen LogP contribution in [0.5, 0.6) is 11.5 Å². The van der Waals surface area contributed by atoms with E-state index in [1.807, 2.05) is 13.1 Å². The smallest absolute Gasteiger partial charge is 0.454 e. The van der Waals surface area contributed by atoms with Gasteiger partial charge in [-0.05, 0) is 48.5 Å². The quantitative estimate of drug-likeness (QED) is 0.581. The molecule has 0 aliphatic carbocycles. The van der Waals surface area contributed by atoms with Gasteiger partial charge in [0.1, 0.15) is 11.5 Å². The third-order valence-electron chi connectivity index (χ3n) is 3.28. The Morgan fingerprint density at radius 2 is 1.00 bits per heavy atom. The summed E-state index contributed by atoms with van der Waals surface area (Å²) in [6.07, 6.45) is 0. The third kappa shape index (κ3) is 5.08. The predicted molar refractivity (Wildman–Crippen MR) is 94.3 cm³/mol. The fraction of sp³-hybridized carbons (Fsp3) is 0.222. The average Bonchev–Trinajstić information content (AvgIpc) is 2.61. The molecule has 7 heteroatoms. The van der Waals surface area contributed by atoms with Crippen LogP contribution in [0.15, 0.2) is 48.5 Å². The van der Waals surface area contributed by atoms with Gasteiger partial charge < -0.3 is 18.3 Å². The summed E-state index contributed by atoms with van der Waals surface area (Å²) in [6.45, 7) is 3.80. The number of benzene rings is 2. The molecule has 2 aromatic carbocycles. The molecule has 0 atom stereocenters. The Hall–Kier alpha value is -2.80. The fourth-order valence-corrected chi connectivity index (χ4v) is 3.59. The lowest BCUT2D eigenvalue weighted by molar-refractivity contribution is 0.0592. The van der Waals surface area contributed by atoms with Gasteiger partial charge in [-0.2, -0.15) is 0 Å². The minimum Gasteiger partial charge on any atom is -0.512 e. The molecule has 2 rings (SSSR count). The summed E-state index contributed by atoms with van der Waals surface area (Å²) >= 11 is 0. The van der Waals surface area contributed by atoms with Crippen LogP contribution in [0, 0.1) is 0 Å². The van der Waals surface area contributed by atoms with Crippen molar-refractivity contribution in [2.75, 3.05) is 14.2 Å². The van der Waals surface area contributed by atoms with E-state index >= 15 is 0 Å². The van der Waals surface area contributed by atoms with E-state index in [1.165, 1.54) is 14.2 Å². The van der Waals surface area contributed by atoms with Crippen molar-refractivity contribution in [1.29, 1.82) is 0 Å². The Labute approximate surface area is 147 Å². The van der Waals surface area contributed by atoms with Gasteiger partial charge >= 0.3 is 20.5 Å². The lowest BCUT2D eigenvalue weighted by Crippen LogP contribution is -2.41. The summed E-state index contributed by atoms with van der Waals surface area (Å²) in [6, 6.07) is 13.3. The zero-order chi connectivity index (χ0) is 18.4. The maximum Gasteiger partial charge on any atom is 0.454 e. The van der Waals surface area contributed by atoms with Crippen molar-refractivity contribution in [3.05, 3.63) is 59.7 Å². The Kier molecular flexibility index (Phi) is 5.82. The summed E-state index contributed by atoms with van der Waals surface area (Å²) in [5.74, 6) is 0.418. The number of methoxy groups -OCH3 is 2. The van der Waals surface area contributed by atoms with Gasteiger partial charge in [-0.25, -0.2) is 9.59 Å². The van der Waals surface area contributed by atoms with Crippen LogP contribution in [0.1, 0.15) is 20.7 Å². The number of hydrogen-bond donors (Lipinski definition) is 0. The first kappa shape index (κ1) is 18.5. The van der Waals surface area contributed by atoms with Crippen LogP contribution in [0.3, 0.4) is 0 Å². The molecule has 0 aliphatic heterocycles. The molecule has 0 amide bonds. The number of hydrogen-bond acceptors (Lipinski definition) is 6. The van der Waals surface area contributed by atoms with E-state index in [0.29, 0.717) is 22.6 Å². The standard InChI is InChI=1S/C18H20O6Si/c1-21-17(19)13-5-9-15(10-6-13)23-25(3,4)24-16-11-7-14(8-12-16)18(20)22-2/h5-12H,1-4H3. The molecule has 0 bridgehead atoms. The number of carbonyl (C=O) groups is 2. The zero-order valence-corrected chi connectivity index (χ0v) is 15.6. The molecule has 0 N–H and O–H groups in total. The second-order valence-corrected chi connectivity index (χ2v) is 8.84. The molecular weight excluding hydrogens is 340 g/mol. The van der Waals surface area contributed by atoms with E-state index < -0.39 is 20.5 Å². The van der Waals surface area contributed by atoms with Crippen molar-refractivity contribution in [1.82, 2.24) is 0 Å². The first-order valence-electron chi connectivity index (χ1n) is 7.59. The van der Waals surface area contributed by atoms with Crippen LogP contribution in [0.25, 0.3) is 0 Å². The first-order chi connectivity index (χ1) is 11.8. The van der Waals surface area contributed by atoms with Crippen LogP contribution in [0.4, 0.5) is 0 Å². The highest BCUT2D eigenvalue weighted by Crippen LogP contribution is 2.22. The van der Waals surface area contributed by atoms with Gasteiger partial charge in [-0.15, -0.1) is 0 Å². The highest BCUT2D eigenvalue weighted by Gasteiger charge is 2.29. The number of esters is 2. The third-order valence-corrected chi connectivity index (χ3v) is 4.73. The van der Waals surface area contributed by atoms with Crippen molar-refractivity contribution in [2.24, 2.45) is 0 Å². The van der Waals surface area contributed by atoms with Crippen LogP contribution >= 0.6 is 0 Å². The van der Waals surface area contributed by atoms with Crippen LogP contribution < -0.4 is 8.85 Å². The van der Waals surface area contributed by atoms with Gasteiger partial charge in [0, 0.05) is 13.1 Å². The molecule has 0 saturated carbocycles. The second-order valence-electron chi connectivity index (χ2n) is 5.64. The highest BCUT2D eigenvalue weighted by molar-refractivity contribution is 6.66. The molecule has 0 fully saturated rings. The Morgan fingerprint density at radius 3 is 1.28 bits per heavy atom.